The van der Waals surface area contributed by atoms with Crippen LogP contribution in [0.5, 0.6) is 0 Å². The normalized spacial score (nSPS) is 17.1. The van der Waals surface area contributed by atoms with Crippen LogP contribution in [0, 0.1) is 0 Å². The van der Waals surface area contributed by atoms with Crippen LogP contribution in [0.2, 0.25) is 0 Å². The Balaban J connectivity index is 1.44. The zero-order valence-electron chi connectivity index (χ0n) is 15.9. The molecule has 1 saturated heterocycles. The van der Waals surface area contributed by atoms with E-state index in [2.05, 4.69) is 39.4 Å². The number of β-amino-alcohol motifs (C(OH)–C–C–N with tert-alkyl or cyclic N) is 1. The monoisotopic (exact) mass is 371 g/mol. The third-order valence-electron chi connectivity index (χ3n) is 5.05. The van der Waals surface area contributed by atoms with Crippen LogP contribution in [0.25, 0.3) is 10.8 Å². The van der Waals surface area contributed by atoms with Crippen molar-refractivity contribution in [3.63, 3.8) is 0 Å². The Bertz CT molecular complexity index is 744. The number of aliphatic hydroxyl groups is 1. The first-order valence-corrected chi connectivity index (χ1v) is 9.53. The Morgan fingerprint density at radius 3 is 2.56 bits per heavy atom. The fourth-order valence-electron chi connectivity index (χ4n) is 3.45. The minimum Gasteiger partial charge on any atom is -0.387 e. The van der Waals surface area contributed by atoms with Crippen LogP contribution in [-0.2, 0) is 9.53 Å². The topological polar surface area (TPSA) is 65.0 Å². The summed E-state index contributed by atoms with van der Waals surface area (Å²) in [5.41, 5.74) is 0.952. The van der Waals surface area contributed by atoms with Crippen LogP contribution in [0.3, 0.4) is 0 Å². The largest absolute Gasteiger partial charge is 0.387 e. The fraction of sp³-hybridized carbons (Fsp3) is 0.476. The van der Waals surface area contributed by atoms with Gasteiger partial charge in [0.25, 0.3) is 0 Å². The lowest BCUT2D eigenvalue weighted by molar-refractivity contribution is -0.122. The van der Waals surface area contributed by atoms with Crippen molar-refractivity contribution < 1.29 is 14.6 Å². The van der Waals surface area contributed by atoms with E-state index in [1.54, 1.807) is 7.11 Å². The number of fused-ring (bicyclic) bond motifs is 1. The number of hydrogen-bond donors (Lipinski definition) is 2. The summed E-state index contributed by atoms with van der Waals surface area (Å²) in [6.07, 6.45) is -0.501. The van der Waals surface area contributed by atoms with Crippen molar-refractivity contribution in [1.82, 2.24) is 15.1 Å². The smallest absolute Gasteiger partial charge is 0.234 e. The second kappa shape index (κ2) is 9.80. The van der Waals surface area contributed by atoms with Crippen molar-refractivity contribution in [2.45, 2.75) is 6.10 Å². The van der Waals surface area contributed by atoms with Gasteiger partial charge >= 0.3 is 0 Å². The highest BCUT2D eigenvalue weighted by Gasteiger charge is 2.21. The summed E-state index contributed by atoms with van der Waals surface area (Å²) in [7, 11) is 1.62. The van der Waals surface area contributed by atoms with Gasteiger partial charge in [-0.25, -0.2) is 0 Å². The van der Waals surface area contributed by atoms with Crippen molar-refractivity contribution in [2.75, 3.05) is 59.5 Å². The number of rotatable bonds is 8. The van der Waals surface area contributed by atoms with Gasteiger partial charge in [0.1, 0.15) is 0 Å². The molecule has 0 aliphatic carbocycles. The van der Waals surface area contributed by atoms with Gasteiger partial charge in [-0.1, -0.05) is 36.4 Å². The number of nitrogens with zero attached hydrogens (tertiary/aromatic N) is 2. The molecule has 0 aromatic heterocycles. The number of methoxy groups -OCH3 is 1. The van der Waals surface area contributed by atoms with E-state index in [0.29, 0.717) is 26.2 Å². The molecule has 0 spiro atoms. The predicted molar refractivity (Wildman–Crippen MR) is 107 cm³/mol. The van der Waals surface area contributed by atoms with Crippen LogP contribution in [0.4, 0.5) is 0 Å². The molecule has 1 atom stereocenters. The van der Waals surface area contributed by atoms with E-state index >= 15 is 0 Å². The second-order valence-electron chi connectivity index (χ2n) is 7.04. The van der Waals surface area contributed by atoms with Gasteiger partial charge in [0.05, 0.1) is 19.3 Å². The summed E-state index contributed by atoms with van der Waals surface area (Å²) < 4.78 is 4.93. The number of hydrogen-bond acceptors (Lipinski definition) is 5. The Kier molecular flexibility index (Phi) is 7.18. The molecule has 1 amide bonds. The number of aliphatic hydroxyl groups excluding tert-OH is 1. The first-order chi connectivity index (χ1) is 13.2. The zero-order chi connectivity index (χ0) is 19.1. The summed E-state index contributed by atoms with van der Waals surface area (Å²) in [6.45, 7) is 5.51. The molecule has 6 heteroatoms. The molecule has 2 aromatic carbocycles. The van der Waals surface area contributed by atoms with Gasteiger partial charge in [0, 0.05) is 46.4 Å². The third-order valence-corrected chi connectivity index (χ3v) is 5.05. The van der Waals surface area contributed by atoms with Crippen LogP contribution in [0.1, 0.15) is 11.7 Å². The first kappa shape index (κ1) is 19.8. The lowest BCUT2D eigenvalue weighted by Crippen LogP contribution is -2.50. The molecule has 2 N–H and O–H groups in total. The molecule has 1 aliphatic heterocycles. The Morgan fingerprint density at radius 1 is 1.11 bits per heavy atom. The Morgan fingerprint density at radius 2 is 1.81 bits per heavy atom. The SMILES string of the molecule is COCCNC(=O)CN1CCN(CC(O)c2ccc3ccccc3c2)CC1. The van der Waals surface area contributed by atoms with Gasteiger partial charge in [-0.3, -0.25) is 14.6 Å². The van der Waals surface area contributed by atoms with Crippen molar-refractivity contribution in [3.05, 3.63) is 48.0 Å². The van der Waals surface area contributed by atoms with Crippen molar-refractivity contribution in [3.8, 4) is 0 Å². The number of piperazine rings is 1. The maximum absolute atomic E-state index is 11.9. The van der Waals surface area contributed by atoms with Gasteiger partial charge in [-0.05, 0) is 22.4 Å². The van der Waals surface area contributed by atoms with E-state index in [4.69, 9.17) is 4.74 Å². The van der Waals surface area contributed by atoms with E-state index < -0.39 is 6.10 Å². The van der Waals surface area contributed by atoms with E-state index in [-0.39, 0.29) is 5.91 Å². The van der Waals surface area contributed by atoms with E-state index in [9.17, 15) is 9.90 Å². The number of carbonyl (C=O) groups is 1. The molecule has 1 fully saturated rings. The molecule has 1 aliphatic rings. The maximum atomic E-state index is 11.9. The van der Waals surface area contributed by atoms with Crippen molar-refractivity contribution in [2.24, 2.45) is 0 Å². The standard InChI is InChI=1S/C21H29N3O3/c1-27-13-8-22-21(26)16-24-11-9-23(10-12-24)15-20(25)19-7-6-17-4-2-3-5-18(17)14-19/h2-7,14,20,25H,8-13,15-16H2,1H3,(H,22,26). The fourth-order valence-corrected chi connectivity index (χ4v) is 3.45. The summed E-state index contributed by atoms with van der Waals surface area (Å²) >= 11 is 0. The van der Waals surface area contributed by atoms with E-state index in [1.807, 2.05) is 18.2 Å². The van der Waals surface area contributed by atoms with Crippen LogP contribution < -0.4 is 5.32 Å². The number of nitrogens with one attached hydrogen (secondary N) is 1. The molecule has 146 valence electrons. The van der Waals surface area contributed by atoms with Gasteiger partial charge in [0.2, 0.25) is 5.91 Å². The van der Waals surface area contributed by atoms with Gasteiger partial charge in [-0.15, -0.1) is 0 Å². The number of ether oxygens (including phenoxy) is 1. The molecular weight excluding hydrogens is 342 g/mol. The van der Waals surface area contributed by atoms with Crippen molar-refractivity contribution in [1.29, 1.82) is 0 Å². The number of amides is 1. The number of benzene rings is 2. The Hall–Kier alpha value is -1.99. The maximum Gasteiger partial charge on any atom is 0.234 e. The summed E-state index contributed by atoms with van der Waals surface area (Å²) in [4.78, 5) is 16.3. The molecule has 0 bridgehead atoms. The summed E-state index contributed by atoms with van der Waals surface area (Å²) in [5, 5.41) is 15.8. The molecule has 1 heterocycles. The molecule has 2 aromatic rings. The highest BCUT2D eigenvalue weighted by Crippen LogP contribution is 2.21. The molecule has 1 unspecified atom stereocenters. The molecule has 6 nitrogen and oxygen atoms in total. The summed E-state index contributed by atoms with van der Waals surface area (Å²) in [6, 6.07) is 14.3. The Labute approximate surface area is 160 Å². The average Bonchev–Trinajstić information content (AvgIpc) is 2.69. The van der Waals surface area contributed by atoms with E-state index in [0.717, 1.165) is 37.1 Å². The lowest BCUT2D eigenvalue weighted by atomic mass is 10.0. The van der Waals surface area contributed by atoms with Gasteiger partial charge in [0.15, 0.2) is 0 Å². The second-order valence-corrected chi connectivity index (χ2v) is 7.04. The predicted octanol–water partition coefficient (Wildman–Crippen LogP) is 1.25. The minimum atomic E-state index is -0.501. The van der Waals surface area contributed by atoms with E-state index in [1.165, 1.54) is 5.39 Å². The first-order valence-electron chi connectivity index (χ1n) is 9.53. The highest BCUT2D eigenvalue weighted by molar-refractivity contribution is 5.83. The van der Waals surface area contributed by atoms with Crippen LogP contribution >= 0.6 is 0 Å². The highest BCUT2D eigenvalue weighted by atomic mass is 16.5. The van der Waals surface area contributed by atoms with Gasteiger partial charge in [-0.2, -0.15) is 0 Å². The minimum absolute atomic E-state index is 0.0386. The van der Waals surface area contributed by atoms with Crippen molar-refractivity contribution >= 4 is 16.7 Å². The molecule has 3 rings (SSSR count). The third kappa shape index (κ3) is 5.74. The van der Waals surface area contributed by atoms with Gasteiger partial charge < -0.3 is 15.2 Å². The zero-order valence-corrected chi connectivity index (χ0v) is 15.9. The summed E-state index contributed by atoms with van der Waals surface area (Å²) in [5.74, 6) is 0.0386. The molecule has 0 saturated carbocycles. The van der Waals surface area contributed by atoms with Crippen LogP contribution in [-0.4, -0.2) is 80.3 Å². The quantitative estimate of drug-likeness (QED) is 0.684. The lowest BCUT2D eigenvalue weighted by Gasteiger charge is -2.35. The molecular formula is C21H29N3O3. The van der Waals surface area contributed by atoms with Crippen LogP contribution in [0.15, 0.2) is 42.5 Å². The average molecular weight is 371 g/mol. The number of carbonyl (C=O) groups excluding carboxylic acids is 1. The molecule has 0 radical (unpaired) electrons. The molecule has 27 heavy (non-hydrogen) atoms.